The fraction of sp³-hybridized carbons (Fsp3) is 0.333. The molecule has 0 saturated carbocycles. The van der Waals surface area contributed by atoms with Crippen LogP contribution in [-0.2, 0) is 26.1 Å². The largest absolute Gasteiger partial charge is 0.384 e. The van der Waals surface area contributed by atoms with E-state index in [-0.39, 0.29) is 11.4 Å². The van der Waals surface area contributed by atoms with E-state index in [1.165, 1.54) is 6.07 Å². The lowest BCUT2D eigenvalue weighted by Crippen LogP contribution is -2.16. The van der Waals surface area contributed by atoms with Crippen LogP contribution in [0.5, 0.6) is 0 Å². The van der Waals surface area contributed by atoms with Gasteiger partial charge in [0.1, 0.15) is 6.29 Å². The number of primary sulfonamides is 1. The number of carbonyl (C=O) groups is 1. The minimum atomic E-state index is -3.98. The number of hydrogen-bond donors (Lipinski definition) is 2. The van der Waals surface area contributed by atoms with Crippen molar-refractivity contribution in [2.45, 2.75) is 23.8 Å². The number of aldehydes is 1. The molecule has 3 N–H and O–H groups in total. The molecule has 4 rings (SSSR count). The van der Waals surface area contributed by atoms with Crippen LogP contribution in [-0.4, -0.2) is 44.2 Å². The number of carbonyl (C=O) groups excluding carboxylic acids is 1. The highest BCUT2D eigenvalue weighted by atomic mass is 35.5. The predicted molar refractivity (Wildman–Crippen MR) is 119 cm³/mol. The molecule has 2 unspecified atom stereocenters. The third-order valence-electron chi connectivity index (χ3n) is 5.41. The average Bonchev–Trinajstić information content (AvgIpc) is 3.37. The first kappa shape index (κ1) is 21.8. The summed E-state index contributed by atoms with van der Waals surface area (Å²) in [4.78, 5) is 11.6. The molecule has 10 heteroatoms. The summed E-state index contributed by atoms with van der Waals surface area (Å²) in [6.07, 6.45) is 3.46. The molecule has 0 amide bonds. The minimum Gasteiger partial charge on any atom is -0.384 e. The Labute approximate surface area is 185 Å². The normalized spacial score (nSPS) is 17.7. The van der Waals surface area contributed by atoms with Gasteiger partial charge in [0.2, 0.25) is 10.0 Å². The Morgan fingerprint density at radius 1 is 1.35 bits per heavy atom. The second-order valence-electron chi connectivity index (χ2n) is 7.68. The maximum Gasteiger partial charge on any atom is 0.238 e. The summed E-state index contributed by atoms with van der Waals surface area (Å²) >= 11 is 6.21. The number of benzene rings is 2. The molecule has 2 heterocycles. The van der Waals surface area contributed by atoms with E-state index in [0.29, 0.717) is 46.2 Å². The van der Waals surface area contributed by atoms with E-state index in [1.54, 1.807) is 35.1 Å². The van der Waals surface area contributed by atoms with Gasteiger partial charge in [-0.05, 0) is 30.2 Å². The molecule has 0 radical (unpaired) electrons. The Morgan fingerprint density at radius 2 is 2.16 bits per heavy atom. The van der Waals surface area contributed by atoms with Crippen LogP contribution in [0, 0.1) is 5.92 Å². The van der Waals surface area contributed by atoms with E-state index >= 15 is 0 Å². The number of nitrogens with two attached hydrogens (primary N) is 1. The zero-order valence-corrected chi connectivity index (χ0v) is 18.3. The van der Waals surface area contributed by atoms with Crippen molar-refractivity contribution < 1.29 is 17.9 Å². The third-order valence-corrected chi connectivity index (χ3v) is 6.70. The Kier molecular flexibility index (Phi) is 6.29. The number of anilines is 1. The molecule has 164 valence electrons. The zero-order chi connectivity index (χ0) is 22.0. The number of rotatable bonds is 8. The summed E-state index contributed by atoms with van der Waals surface area (Å²) in [6, 6.07) is 10.3. The summed E-state index contributed by atoms with van der Waals surface area (Å²) in [7, 11) is -3.98. The number of ether oxygens (including phenoxy) is 1. The molecular formula is C21H23ClN4O4S. The second kappa shape index (κ2) is 8.96. The maximum atomic E-state index is 12.2. The highest BCUT2D eigenvalue weighted by Crippen LogP contribution is 2.28. The van der Waals surface area contributed by atoms with Crippen LogP contribution in [0.2, 0.25) is 5.02 Å². The van der Waals surface area contributed by atoms with Crippen molar-refractivity contribution in [3.63, 3.8) is 0 Å². The molecule has 0 aliphatic carbocycles. The number of fused-ring (bicyclic) bond motifs is 1. The molecule has 1 saturated heterocycles. The number of nitrogens with one attached hydrogen (secondary N) is 1. The maximum absolute atomic E-state index is 12.2. The van der Waals surface area contributed by atoms with E-state index in [9.17, 15) is 13.2 Å². The summed E-state index contributed by atoms with van der Waals surface area (Å²) in [5, 5.41) is 14.1. The first-order valence-electron chi connectivity index (χ1n) is 9.90. The van der Waals surface area contributed by atoms with E-state index in [1.807, 2.05) is 6.07 Å². The van der Waals surface area contributed by atoms with Gasteiger partial charge in [-0.15, -0.1) is 0 Å². The Morgan fingerprint density at radius 3 is 2.84 bits per heavy atom. The van der Waals surface area contributed by atoms with E-state index in [0.717, 1.165) is 19.3 Å². The molecule has 2 atom stereocenters. The standard InChI is InChI=1S/C21H23ClN4O4S/c22-19-4-2-1-3-17(19)15(12-27)9-24-16-7-20-18(21(8-16)31(23,28)29)11-26(25-20)10-14-5-6-30-13-14/h1-4,7-8,11-12,14-15,24H,5-6,9-10,13H2,(H2,23,28,29). The monoisotopic (exact) mass is 462 g/mol. The molecule has 1 fully saturated rings. The van der Waals surface area contributed by atoms with Crippen molar-refractivity contribution >= 4 is 44.5 Å². The van der Waals surface area contributed by atoms with Crippen molar-refractivity contribution in [1.29, 1.82) is 0 Å². The van der Waals surface area contributed by atoms with Gasteiger partial charge in [0, 0.05) is 47.9 Å². The molecule has 2 aromatic carbocycles. The molecule has 0 spiro atoms. The Hall–Kier alpha value is -2.46. The van der Waals surface area contributed by atoms with Crippen LogP contribution in [0.1, 0.15) is 17.9 Å². The van der Waals surface area contributed by atoms with Gasteiger partial charge in [-0.1, -0.05) is 29.8 Å². The first-order valence-corrected chi connectivity index (χ1v) is 11.8. The molecule has 1 aromatic heterocycles. The van der Waals surface area contributed by atoms with Gasteiger partial charge in [-0.25, -0.2) is 13.6 Å². The highest BCUT2D eigenvalue weighted by Gasteiger charge is 2.21. The van der Waals surface area contributed by atoms with Gasteiger partial charge >= 0.3 is 0 Å². The van der Waals surface area contributed by atoms with Gasteiger partial charge in [0.25, 0.3) is 0 Å². The van der Waals surface area contributed by atoms with Crippen molar-refractivity contribution in [1.82, 2.24) is 9.78 Å². The predicted octanol–water partition coefficient (Wildman–Crippen LogP) is 2.77. The molecule has 31 heavy (non-hydrogen) atoms. The lowest BCUT2D eigenvalue weighted by atomic mass is 10.0. The van der Waals surface area contributed by atoms with Crippen LogP contribution < -0.4 is 10.5 Å². The van der Waals surface area contributed by atoms with Crippen LogP contribution in [0.4, 0.5) is 5.69 Å². The fourth-order valence-corrected chi connectivity index (χ4v) is 4.83. The lowest BCUT2D eigenvalue weighted by Gasteiger charge is -2.15. The number of halogens is 1. The topological polar surface area (TPSA) is 116 Å². The van der Waals surface area contributed by atoms with Crippen LogP contribution in [0.25, 0.3) is 10.9 Å². The van der Waals surface area contributed by atoms with E-state index < -0.39 is 15.9 Å². The lowest BCUT2D eigenvalue weighted by molar-refractivity contribution is -0.108. The van der Waals surface area contributed by atoms with Crippen LogP contribution in [0.15, 0.2) is 47.5 Å². The van der Waals surface area contributed by atoms with Gasteiger partial charge in [0.15, 0.2) is 0 Å². The van der Waals surface area contributed by atoms with Crippen molar-refractivity contribution in [3.05, 3.63) is 53.2 Å². The Balaban J connectivity index is 1.62. The van der Waals surface area contributed by atoms with Crippen LogP contribution in [0.3, 0.4) is 0 Å². The van der Waals surface area contributed by atoms with Gasteiger partial charge < -0.3 is 14.8 Å². The molecule has 8 nitrogen and oxygen atoms in total. The van der Waals surface area contributed by atoms with Gasteiger partial charge in [0.05, 0.1) is 22.9 Å². The van der Waals surface area contributed by atoms with Gasteiger partial charge in [-0.3, -0.25) is 4.68 Å². The number of sulfonamides is 1. The summed E-state index contributed by atoms with van der Waals surface area (Å²) in [5.74, 6) is -0.156. The number of aromatic nitrogens is 2. The summed E-state index contributed by atoms with van der Waals surface area (Å²) < 4.78 is 31.6. The number of nitrogens with zero attached hydrogens (tertiary/aromatic N) is 2. The summed E-state index contributed by atoms with van der Waals surface area (Å²) in [6.45, 7) is 2.27. The van der Waals surface area contributed by atoms with E-state index in [2.05, 4.69) is 10.4 Å². The molecule has 3 aromatic rings. The van der Waals surface area contributed by atoms with Crippen LogP contribution >= 0.6 is 11.6 Å². The van der Waals surface area contributed by atoms with Crippen molar-refractivity contribution in [2.75, 3.05) is 25.1 Å². The molecule has 0 bridgehead atoms. The average molecular weight is 463 g/mol. The summed E-state index contributed by atoms with van der Waals surface area (Å²) in [5.41, 5.74) is 1.71. The quantitative estimate of drug-likeness (QED) is 0.497. The molecule has 1 aliphatic rings. The number of hydrogen-bond acceptors (Lipinski definition) is 6. The van der Waals surface area contributed by atoms with E-state index in [4.69, 9.17) is 21.5 Å². The fourth-order valence-electron chi connectivity index (χ4n) is 3.80. The molecular weight excluding hydrogens is 440 g/mol. The third kappa shape index (κ3) is 4.90. The highest BCUT2D eigenvalue weighted by molar-refractivity contribution is 7.89. The molecule has 1 aliphatic heterocycles. The second-order valence-corrected chi connectivity index (χ2v) is 9.61. The van der Waals surface area contributed by atoms with Crippen molar-refractivity contribution in [3.8, 4) is 0 Å². The zero-order valence-electron chi connectivity index (χ0n) is 16.7. The minimum absolute atomic E-state index is 0.0122. The van der Waals surface area contributed by atoms with Crippen molar-refractivity contribution in [2.24, 2.45) is 11.1 Å². The Bertz CT molecular complexity index is 1210. The smallest absolute Gasteiger partial charge is 0.238 e. The SMILES string of the molecule is NS(=O)(=O)c1cc(NCC(C=O)c2ccccc2Cl)cc2nn(CC3CCOC3)cc12. The first-order chi connectivity index (χ1) is 14.8. The van der Waals surface area contributed by atoms with Gasteiger partial charge in [-0.2, -0.15) is 5.10 Å².